The van der Waals surface area contributed by atoms with Crippen LogP contribution in [-0.2, 0) is 29.1 Å². The molecule has 0 aliphatic carbocycles. The maximum absolute atomic E-state index is 12.9. The largest absolute Gasteiger partial charge is 0.325 e. The van der Waals surface area contributed by atoms with Gasteiger partial charge in [-0.3, -0.25) is 9.59 Å². The Hall–Kier alpha value is -4.70. The van der Waals surface area contributed by atoms with Crippen molar-refractivity contribution in [2.45, 2.75) is 19.5 Å². The van der Waals surface area contributed by atoms with Gasteiger partial charge in [0.1, 0.15) is 5.82 Å². The van der Waals surface area contributed by atoms with Crippen LogP contribution in [-0.4, -0.2) is 44.1 Å². The van der Waals surface area contributed by atoms with Gasteiger partial charge in [0.15, 0.2) is 5.82 Å². The number of amides is 4. The molecule has 1 aliphatic rings. The van der Waals surface area contributed by atoms with Crippen LogP contribution in [0.4, 0.5) is 21.9 Å². The summed E-state index contributed by atoms with van der Waals surface area (Å²) in [6, 6.07) is 22.7. The Morgan fingerprint density at radius 1 is 0.789 bits per heavy atom. The van der Waals surface area contributed by atoms with Gasteiger partial charge in [0.2, 0.25) is 0 Å². The van der Waals surface area contributed by atoms with Crippen molar-refractivity contribution in [1.29, 1.82) is 0 Å². The van der Waals surface area contributed by atoms with Gasteiger partial charge in [-0.2, -0.15) is 0 Å². The molecule has 0 radical (unpaired) electrons. The van der Waals surface area contributed by atoms with E-state index in [9.17, 15) is 14.4 Å². The van der Waals surface area contributed by atoms with E-state index >= 15 is 0 Å². The molecule has 4 aromatic rings. The normalized spacial score (nSPS) is 12.4. The number of nitrogens with one attached hydrogen (secondary N) is 3. The van der Waals surface area contributed by atoms with Crippen LogP contribution in [0, 0.1) is 0 Å². The molecule has 0 fully saturated rings. The number of anilines is 3. The summed E-state index contributed by atoms with van der Waals surface area (Å²) in [4.78, 5) is 39.3. The summed E-state index contributed by atoms with van der Waals surface area (Å²) in [5.74, 6) is -0.0902. The van der Waals surface area contributed by atoms with E-state index in [2.05, 4.69) is 26.1 Å². The molecular weight excluding hydrogens is 506 g/mol. The lowest BCUT2D eigenvalue weighted by atomic mass is 10.1. The summed E-state index contributed by atoms with van der Waals surface area (Å²) in [5, 5.41) is 17.2. The molecule has 1 aliphatic heterocycles. The predicted molar refractivity (Wildman–Crippen MR) is 144 cm³/mol. The van der Waals surface area contributed by atoms with E-state index in [0.717, 1.165) is 11.4 Å². The van der Waals surface area contributed by atoms with Gasteiger partial charge in [-0.15, -0.1) is 10.2 Å². The molecular formula is C27H24ClN7O3. The van der Waals surface area contributed by atoms with Crippen molar-refractivity contribution in [3.8, 4) is 0 Å². The van der Waals surface area contributed by atoms with Crippen molar-refractivity contribution in [1.82, 2.24) is 19.7 Å². The van der Waals surface area contributed by atoms with Crippen LogP contribution in [0.25, 0.3) is 0 Å². The van der Waals surface area contributed by atoms with Gasteiger partial charge < -0.3 is 25.4 Å². The van der Waals surface area contributed by atoms with E-state index in [-0.39, 0.29) is 6.54 Å². The molecule has 38 heavy (non-hydrogen) atoms. The van der Waals surface area contributed by atoms with E-state index in [4.69, 9.17) is 11.6 Å². The first-order valence-electron chi connectivity index (χ1n) is 11.9. The van der Waals surface area contributed by atoms with Crippen molar-refractivity contribution in [2.24, 2.45) is 0 Å². The molecule has 1 aromatic heterocycles. The highest BCUT2D eigenvalue weighted by atomic mass is 35.5. The molecule has 0 bridgehead atoms. The van der Waals surface area contributed by atoms with Crippen LogP contribution >= 0.6 is 11.6 Å². The van der Waals surface area contributed by atoms with Crippen molar-refractivity contribution >= 4 is 46.5 Å². The lowest BCUT2D eigenvalue weighted by molar-refractivity contribution is -0.144. The summed E-state index contributed by atoms with van der Waals surface area (Å²) >= 11 is 6.28. The van der Waals surface area contributed by atoms with Crippen molar-refractivity contribution in [3.05, 3.63) is 101 Å². The summed E-state index contributed by atoms with van der Waals surface area (Å²) in [6.45, 7) is 0.980. The van der Waals surface area contributed by atoms with Crippen molar-refractivity contribution < 1.29 is 14.4 Å². The number of fused-ring (bicyclic) bond motifs is 1. The molecule has 5 rings (SSSR count). The van der Waals surface area contributed by atoms with Crippen LogP contribution in [0.3, 0.4) is 0 Å². The molecule has 3 N–H and O–H groups in total. The molecule has 0 atom stereocenters. The van der Waals surface area contributed by atoms with E-state index in [0.29, 0.717) is 47.4 Å². The zero-order valence-electron chi connectivity index (χ0n) is 20.2. The number of halogens is 1. The van der Waals surface area contributed by atoms with Crippen LogP contribution in [0.5, 0.6) is 0 Å². The molecule has 0 spiro atoms. The van der Waals surface area contributed by atoms with E-state index in [1.807, 2.05) is 47.0 Å². The number of nitrogens with zero attached hydrogens (tertiary/aromatic N) is 4. The topological polar surface area (TPSA) is 121 Å². The summed E-state index contributed by atoms with van der Waals surface area (Å²) in [6.07, 6.45) is 0.523. The summed E-state index contributed by atoms with van der Waals surface area (Å²) in [7, 11) is 0. The Bertz CT molecular complexity index is 1490. The maximum atomic E-state index is 12.9. The fourth-order valence-electron chi connectivity index (χ4n) is 4.15. The monoisotopic (exact) mass is 529 g/mol. The SMILES string of the molecule is O=C(Nc1ccccc1)Nc1cccc(NC(=O)C(=O)N2CCn3c(Cc4ccccc4Cl)nnc3C2)c1. The van der Waals surface area contributed by atoms with Crippen LogP contribution < -0.4 is 16.0 Å². The highest BCUT2D eigenvalue weighted by Gasteiger charge is 2.28. The highest BCUT2D eigenvalue weighted by Crippen LogP contribution is 2.21. The lowest BCUT2D eigenvalue weighted by Gasteiger charge is -2.27. The Morgan fingerprint density at radius 2 is 1.47 bits per heavy atom. The molecule has 4 amide bonds. The number of hydrogen-bond donors (Lipinski definition) is 3. The number of carbonyl (C=O) groups is 3. The third-order valence-corrected chi connectivity index (χ3v) is 6.40. The molecule has 0 unspecified atom stereocenters. The van der Waals surface area contributed by atoms with Gasteiger partial charge in [0.25, 0.3) is 0 Å². The van der Waals surface area contributed by atoms with Crippen molar-refractivity contribution in [3.63, 3.8) is 0 Å². The first kappa shape index (κ1) is 25.0. The molecule has 10 nitrogen and oxygen atoms in total. The third kappa shape index (κ3) is 5.81. The number of urea groups is 1. The average Bonchev–Trinajstić information content (AvgIpc) is 3.32. The molecule has 192 valence electrons. The zero-order chi connectivity index (χ0) is 26.5. The lowest BCUT2D eigenvalue weighted by Crippen LogP contribution is -2.44. The van der Waals surface area contributed by atoms with Gasteiger partial charge >= 0.3 is 17.8 Å². The number of hydrogen-bond acceptors (Lipinski definition) is 5. The number of rotatable bonds is 5. The zero-order valence-corrected chi connectivity index (χ0v) is 21.0. The third-order valence-electron chi connectivity index (χ3n) is 6.03. The van der Waals surface area contributed by atoms with Crippen molar-refractivity contribution in [2.75, 3.05) is 22.5 Å². The van der Waals surface area contributed by atoms with Gasteiger partial charge in [-0.1, -0.05) is 54.1 Å². The van der Waals surface area contributed by atoms with Crippen LogP contribution in [0.1, 0.15) is 17.2 Å². The standard InChI is InChI=1S/C27H24ClN7O3/c28-22-12-5-4-7-18(22)15-23-32-33-24-17-34(13-14-35(23)24)26(37)25(36)29-20-10-6-11-21(16-20)31-27(38)30-19-8-2-1-3-9-19/h1-12,16H,13-15,17H2,(H,29,36)(H2,30,31,38). The number of aromatic nitrogens is 3. The first-order chi connectivity index (χ1) is 18.5. The molecule has 3 aromatic carbocycles. The average molecular weight is 530 g/mol. The van der Waals surface area contributed by atoms with Crippen LogP contribution in [0.2, 0.25) is 5.02 Å². The van der Waals surface area contributed by atoms with E-state index in [1.165, 1.54) is 4.90 Å². The number of benzene rings is 3. The predicted octanol–water partition coefficient (Wildman–Crippen LogP) is 4.15. The van der Waals surface area contributed by atoms with Gasteiger partial charge in [-0.25, -0.2) is 4.79 Å². The highest BCUT2D eigenvalue weighted by molar-refractivity contribution is 6.39. The Labute approximate surface area is 223 Å². The summed E-state index contributed by atoms with van der Waals surface area (Å²) < 4.78 is 1.96. The fourth-order valence-corrected chi connectivity index (χ4v) is 4.35. The number of para-hydroxylation sites is 1. The molecule has 0 saturated heterocycles. The van der Waals surface area contributed by atoms with Gasteiger partial charge in [0.05, 0.1) is 6.54 Å². The quantitative estimate of drug-likeness (QED) is 0.335. The second kappa shape index (κ2) is 11.1. The fraction of sp³-hybridized carbons (Fsp3) is 0.148. The first-order valence-corrected chi connectivity index (χ1v) is 12.3. The van der Waals surface area contributed by atoms with Crippen LogP contribution in [0.15, 0.2) is 78.9 Å². The van der Waals surface area contributed by atoms with Gasteiger partial charge in [0, 0.05) is 41.6 Å². The second-order valence-corrected chi connectivity index (χ2v) is 9.07. The smallest absolute Gasteiger partial charge is 0.323 e. The minimum absolute atomic E-state index is 0.170. The molecule has 11 heteroatoms. The summed E-state index contributed by atoms with van der Waals surface area (Å²) in [5.41, 5.74) is 2.42. The van der Waals surface area contributed by atoms with E-state index < -0.39 is 17.8 Å². The minimum Gasteiger partial charge on any atom is -0.325 e. The van der Waals surface area contributed by atoms with E-state index in [1.54, 1.807) is 36.4 Å². The Balaban J connectivity index is 1.18. The molecule has 2 heterocycles. The Morgan fingerprint density at radius 3 is 2.26 bits per heavy atom. The number of carbonyl (C=O) groups excluding carboxylic acids is 3. The Kier molecular flexibility index (Phi) is 7.32. The molecule has 0 saturated carbocycles. The second-order valence-electron chi connectivity index (χ2n) is 8.66. The minimum atomic E-state index is -0.778. The maximum Gasteiger partial charge on any atom is 0.323 e. The van der Waals surface area contributed by atoms with Gasteiger partial charge in [-0.05, 0) is 42.0 Å².